The third-order valence-electron chi connectivity index (χ3n) is 4.70. The van der Waals surface area contributed by atoms with Crippen molar-refractivity contribution in [1.29, 1.82) is 0 Å². The van der Waals surface area contributed by atoms with Crippen LogP contribution in [0.2, 0.25) is 0 Å². The van der Waals surface area contributed by atoms with Crippen LogP contribution in [0, 0.1) is 5.92 Å². The van der Waals surface area contributed by atoms with Crippen molar-refractivity contribution in [2.45, 2.75) is 38.0 Å². The first-order valence-electron chi connectivity index (χ1n) is 7.99. The van der Waals surface area contributed by atoms with Crippen LogP contribution in [0.4, 0.5) is 0 Å². The molecular formula is C18H28N2O. The van der Waals surface area contributed by atoms with Crippen LogP contribution in [-0.2, 0) is 10.2 Å². The van der Waals surface area contributed by atoms with Gasteiger partial charge in [-0.2, -0.15) is 0 Å². The fraction of sp³-hybridized carbons (Fsp3) is 0.611. The summed E-state index contributed by atoms with van der Waals surface area (Å²) in [5.74, 6) is 0.924. The van der Waals surface area contributed by atoms with Gasteiger partial charge >= 0.3 is 0 Å². The van der Waals surface area contributed by atoms with Gasteiger partial charge in [-0.05, 0) is 51.3 Å². The molecule has 0 spiro atoms. The largest absolute Gasteiger partial charge is 0.354 e. The van der Waals surface area contributed by atoms with Crippen LogP contribution >= 0.6 is 0 Å². The Morgan fingerprint density at radius 2 is 1.86 bits per heavy atom. The predicted molar refractivity (Wildman–Crippen MR) is 87.3 cm³/mol. The molecule has 3 nitrogen and oxygen atoms in total. The molecule has 0 aliphatic heterocycles. The van der Waals surface area contributed by atoms with E-state index < -0.39 is 0 Å². The van der Waals surface area contributed by atoms with Crippen molar-refractivity contribution in [3.63, 3.8) is 0 Å². The van der Waals surface area contributed by atoms with E-state index in [0.717, 1.165) is 12.5 Å². The van der Waals surface area contributed by atoms with Crippen molar-refractivity contribution in [3.05, 3.63) is 35.9 Å². The molecule has 0 radical (unpaired) electrons. The summed E-state index contributed by atoms with van der Waals surface area (Å²) in [6.45, 7) is 3.55. The second-order valence-corrected chi connectivity index (χ2v) is 6.84. The van der Waals surface area contributed by atoms with Crippen LogP contribution in [0.3, 0.4) is 0 Å². The Labute approximate surface area is 128 Å². The lowest BCUT2D eigenvalue weighted by atomic mass is 9.67. The van der Waals surface area contributed by atoms with E-state index in [0.29, 0.717) is 6.54 Å². The molecule has 116 valence electrons. The standard InChI is InChI=1S/C18H28N2O/c1-15-9-11-18(12-10-15,16-7-5-4-6-8-16)14-19-17(21)13-20(2)3/h4-8,15H,9-14H2,1-3H3,(H,19,21). The van der Waals surface area contributed by atoms with E-state index in [1.54, 1.807) is 0 Å². The van der Waals surface area contributed by atoms with Gasteiger partial charge in [-0.25, -0.2) is 0 Å². The zero-order chi connectivity index (χ0) is 15.3. The van der Waals surface area contributed by atoms with Crippen LogP contribution in [-0.4, -0.2) is 38.0 Å². The van der Waals surface area contributed by atoms with Gasteiger partial charge in [0.1, 0.15) is 0 Å². The van der Waals surface area contributed by atoms with Crippen molar-refractivity contribution >= 4 is 5.91 Å². The molecule has 1 aromatic carbocycles. The van der Waals surface area contributed by atoms with Gasteiger partial charge in [-0.1, -0.05) is 37.3 Å². The maximum Gasteiger partial charge on any atom is 0.234 e. The Balaban J connectivity index is 2.08. The molecule has 0 aromatic heterocycles. The van der Waals surface area contributed by atoms with Crippen LogP contribution < -0.4 is 5.32 Å². The smallest absolute Gasteiger partial charge is 0.234 e. The first-order valence-corrected chi connectivity index (χ1v) is 7.99. The lowest BCUT2D eigenvalue weighted by Gasteiger charge is -2.40. The minimum atomic E-state index is 0.119. The predicted octanol–water partition coefficient (Wildman–Crippen LogP) is 2.81. The first-order chi connectivity index (χ1) is 10.0. The fourth-order valence-electron chi connectivity index (χ4n) is 3.28. The molecule has 0 saturated heterocycles. The summed E-state index contributed by atoms with van der Waals surface area (Å²) < 4.78 is 0. The zero-order valence-corrected chi connectivity index (χ0v) is 13.6. The van der Waals surface area contributed by atoms with Gasteiger partial charge in [0, 0.05) is 12.0 Å². The highest BCUT2D eigenvalue weighted by Crippen LogP contribution is 2.41. The Hall–Kier alpha value is -1.35. The van der Waals surface area contributed by atoms with E-state index in [9.17, 15) is 4.79 Å². The minimum Gasteiger partial charge on any atom is -0.354 e. The Bertz CT molecular complexity index is 448. The third kappa shape index (κ3) is 4.31. The summed E-state index contributed by atoms with van der Waals surface area (Å²) in [5.41, 5.74) is 1.50. The average molecular weight is 288 g/mol. The lowest BCUT2D eigenvalue weighted by molar-refractivity contribution is -0.122. The van der Waals surface area contributed by atoms with Crippen molar-refractivity contribution < 1.29 is 4.79 Å². The van der Waals surface area contributed by atoms with E-state index in [4.69, 9.17) is 0 Å². The molecule has 1 aromatic rings. The van der Waals surface area contributed by atoms with Crippen molar-refractivity contribution in [2.24, 2.45) is 5.92 Å². The topological polar surface area (TPSA) is 32.3 Å². The SMILES string of the molecule is CC1CCC(CNC(=O)CN(C)C)(c2ccccc2)CC1. The number of amides is 1. The number of hydrogen-bond donors (Lipinski definition) is 1. The molecule has 1 fully saturated rings. The molecule has 0 unspecified atom stereocenters. The number of nitrogens with one attached hydrogen (secondary N) is 1. The maximum absolute atomic E-state index is 12.0. The van der Waals surface area contributed by atoms with Crippen LogP contribution in [0.25, 0.3) is 0 Å². The summed E-state index contributed by atoms with van der Waals surface area (Å²) in [4.78, 5) is 13.9. The van der Waals surface area contributed by atoms with Crippen LogP contribution in [0.1, 0.15) is 38.2 Å². The number of benzene rings is 1. The van der Waals surface area contributed by atoms with Gasteiger partial charge in [0.05, 0.1) is 6.54 Å². The zero-order valence-electron chi connectivity index (χ0n) is 13.6. The highest BCUT2D eigenvalue weighted by Gasteiger charge is 2.35. The second kappa shape index (κ2) is 7.08. The van der Waals surface area contributed by atoms with Crippen molar-refractivity contribution in [1.82, 2.24) is 10.2 Å². The number of likely N-dealkylation sites (N-methyl/N-ethyl adjacent to an activating group) is 1. The molecule has 1 N–H and O–H groups in total. The normalized spacial score (nSPS) is 25.8. The van der Waals surface area contributed by atoms with E-state index in [1.165, 1.54) is 31.2 Å². The van der Waals surface area contributed by atoms with Crippen molar-refractivity contribution in [3.8, 4) is 0 Å². The molecule has 1 aliphatic carbocycles. The maximum atomic E-state index is 12.0. The fourth-order valence-corrected chi connectivity index (χ4v) is 3.28. The lowest BCUT2D eigenvalue weighted by Crippen LogP contribution is -2.45. The molecule has 3 heteroatoms. The molecule has 0 heterocycles. The number of rotatable bonds is 5. The molecule has 1 amide bonds. The quantitative estimate of drug-likeness (QED) is 0.903. The van der Waals surface area contributed by atoms with Gasteiger partial charge < -0.3 is 10.2 Å². The average Bonchev–Trinajstić information content (AvgIpc) is 2.47. The van der Waals surface area contributed by atoms with E-state index in [1.807, 2.05) is 19.0 Å². The number of carbonyl (C=O) groups is 1. The minimum absolute atomic E-state index is 0.119. The molecule has 0 atom stereocenters. The molecule has 1 aliphatic rings. The van der Waals surface area contributed by atoms with Crippen LogP contribution in [0.15, 0.2) is 30.3 Å². The van der Waals surface area contributed by atoms with Gasteiger partial charge in [0.2, 0.25) is 5.91 Å². The monoisotopic (exact) mass is 288 g/mol. The summed E-state index contributed by atoms with van der Waals surface area (Å²) in [7, 11) is 3.85. The Kier molecular flexibility index (Phi) is 5.40. The summed E-state index contributed by atoms with van der Waals surface area (Å²) in [6, 6.07) is 10.7. The van der Waals surface area contributed by atoms with Gasteiger partial charge in [-0.3, -0.25) is 4.79 Å². The Morgan fingerprint density at radius 1 is 1.24 bits per heavy atom. The highest BCUT2D eigenvalue weighted by molar-refractivity contribution is 5.78. The summed E-state index contributed by atoms with van der Waals surface area (Å²) in [5, 5.41) is 3.16. The number of carbonyl (C=O) groups excluding carboxylic acids is 1. The third-order valence-corrected chi connectivity index (χ3v) is 4.70. The van der Waals surface area contributed by atoms with Crippen LogP contribution in [0.5, 0.6) is 0 Å². The Morgan fingerprint density at radius 3 is 2.43 bits per heavy atom. The van der Waals surface area contributed by atoms with E-state index >= 15 is 0 Å². The molecule has 1 saturated carbocycles. The number of hydrogen-bond acceptors (Lipinski definition) is 2. The van der Waals surface area contributed by atoms with E-state index in [-0.39, 0.29) is 11.3 Å². The van der Waals surface area contributed by atoms with Gasteiger partial charge in [0.15, 0.2) is 0 Å². The highest BCUT2D eigenvalue weighted by atomic mass is 16.2. The first kappa shape index (κ1) is 16.0. The van der Waals surface area contributed by atoms with E-state index in [2.05, 4.69) is 42.6 Å². The second-order valence-electron chi connectivity index (χ2n) is 6.84. The molecule has 21 heavy (non-hydrogen) atoms. The number of nitrogens with zero attached hydrogens (tertiary/aromatic N) is 1. The molecule has 0 bridgehead atoms. The van der Waals surface area contributed by atoms with Gasteiger partial charge in [-0.15, -0.1) is 0 Å². The van der Waals surface area contributed by atoms with Crippen molar-refractivity contribution in [2.75, 3.05) is 27.2 Å². The van der Waals surface area contributed by atoms with Gasteiger partial charge in [0.25, 0.3) is 0 Å². The molecule has 2 rings (SSSR count). The molecular weight excluding hydrogens is 260 g/mol. The summed E-state index contributed by atoms with van der Waals surface area (Å²) in [6.07, 6.45) is 4.83. The summed E-state index contributed by atoms with van der Waals surface area (Å²) >= 11 is 0.